The van der Waals surface area contributed by atoms with E-state index >= 15 is 0 Å². The Balaban J connectivity index is 2.61. The van der Waals surface area contributed by atoms with E-state index in [1.807, 2.05) is 20.8 Å². The van der Waals surface area contributed by atoms with E-state index in [4.69, 9.17) is 4.52 Å². The first-order valence-electron chi connectivity index (χ1n) is 5.96. The van der Waals surface area contributed by atoms with Gasteiger partial charge in [-0.3, -0.25) is 0 Å². The van der Waals surface area contributed by atoms with Crippen molar-refractivity contribution in [1.82, 2.24) is 15.5 Å². The van der Waals surface area contributed by atoms with E-state index in [0.29, 0.717) is 0 Å². The molecule has 0 aliphatic carbocycles. The Hall–Kier alpha value is -1.11. The molecule has 0 aromatic carbocycles. The van der Waals surface area contributed by atoms with E-state index in [9.17, 15) is 13.2 Å². The van der Waals surface area contributed by atoms with Gasteiger partial charge in [0.1, 0.15) is 6.42 Å². The third-order valence-corrected chi connectivity index (χ3v) is 2.70. The highest BCUT2D eigenvalue weighted by Gasteiger charge is 2.31. The van der Waals surface area contributed by atoms with Crippen LogP contribution in [0.25, 0.3) is 0 Å². The van der Waals surface area contributed by atoms with Crippen molar-refractivity contribution in [2.24, 2.45) is 0 Å². The third kappa shape index (κ3) is 4.64. The fourth-order valence-corrected chi connectivity index (χ4v) is 1.47. The first-order chi connectivity index (χ1) is 8.33. The minimum atomic E-state index is -4.31. The molecule has 0 saturated heterocycles. The lowest BCUT2D eigenvalue weighted by Gasteiger charge is -2.17. The molecule has 0 saturated carbocycles. The predicted molar refractivity (Wildman–Crippen MR) is 60.2 cm³/mol. The van der Waals surface area contributed by atoms with Crippen LogP contribution in [0.4, 0.5) is 13.2 Å². The summed E-state index contributed by atoms with van der Waals surface area (Å²) in [6.07, 6.45) is -4.48. The SMILES string of the molecule is CCCNC(C)C(C)c1nc(CC(F)(F)F)no1. The lowest BCUT2D eigenvalue weighted by molar-refractivity contribution is -0.128. The molecule has 2 atom stereocenters. The van der Waals surface area contributed by atoms with Crippen molar-refractivity contribution in [2.45, 2.75) is 51.7 Å². The highest BCUT2D eigenvalue weighted by Crippen LogP contribution is 2.22. The molecule has 7 heteroatoms. The second-order valence-electron chi connectivity index (χ2n) is 4.37. The third-order valence-electron chi connectivity index (χ3n) is 2.70. The highest BCUT2D eigenvalue weighted by molar-refractivity contribution is 4.97. The quantitative estimate of drug-likeness (QED) is 0.859. The largest absolute Gasteiger partial charge is 0.396 e. The summed E-state index contributed by atoms with van der Waals surface area (Å²) in [6, 6.07) is 0.0733. The minimum absolute atomic E-state index is 0.0733. The van der Waals surface area contributed by atoms with Crippen molar-refractivity contribution in [3.05, 3.63) is 11.7 Å². The average molecular weight is 265 g/mol. The zero-order valence-electron chi connectivity index (χ0n) is 10.7. The van der Waals surface area contributed by atoms with Gasteiger partial charge in [-0.05, 0) is 19.9 Å². The smallest absolute Gasteiger partial charge is 0.339 e. The van der Waals surface area contributed by atoms with Gasteiger partial charge in [-0.15, -0.1) is 0 Å². The first kappa shape index (κ1) is 14.9. The lowest BCUT2D eigenvalue weighted by Crippen LogP contribution is -2.31. The second kappa shape index (κ2) is 6.17. The standard InChI is InChI=1S/C11H18F3N3O/c1-4-5-15-8(3)7(2)10-16-9(17-18-10)6-11(12,13)14/h7-8,15H,4-6H2,1-3H3. The number of hydrogen-bond acceptors (Lipinski definition) is 4. The van der Waals surface area contributed by atoms with Crippen LogP contribution in [0.1, 0.15) is 44.8 Å². The normalized spacial score (nSPS) is 15.7. The van der Waals surface area contributed by atoms with Crippen LogP contribution in [-0.4, -0.2) is 28.9 Å². The summed E-state index contributed by atoms with van der Waals surface area (Å²) in [5.74, 6) is -0.191. The number of aromatic nitrogens is 2. The van der Waals surface area contributed by atoms with Crippen LogP contribution < -0.4 is 5.32 Å². The van der Waals surface area contributed by atoms with Crippen LogP contribution >= 0.6 is 0 Å². The van der Waals surface area contributed by atoms with Crippen molar-refractivity contribution < 1.29 is 17.7 Å². The molecule has 1 heterocycles. The van der Waals surface area contributed by atoms with Gasteiger partial charge in [0.2, 0.25) is 5.89 Å². The van der Waals surface area contributed by atoms with E-state index in [2.05, 4.69) is 15.5 Å². The van der Waals surface area contributed by atoms with Crippen LogP contribution in [-0.2, 0) is 6.42 Å². The van der Waals surface area contributed by atoms with Gasteiger partial charge in [0.05, 0.1) is 5.92 Å². The van der Waals surface area contributed by atoms with Crippen LogP contribution in [0, 0.1) is 0 Å². The summed E-state index contributed by atoms with van der Waals surface area (Å²) < 4.78 is 41.3. The highest BCUT2D eigenvalue weighted by atomic mass is 19.4. The number of halogens is 3. The zero-order chi connectivity index (χ0) is 13.8. The molecule has 4 nitrogen and oxygen atoms in total. The Kier molecular flexibility index (Phi) is 5.13. The fourth-order valence-electron chi connectivity index (χ4n) is 1.47. The Morgan fingerprint density at radius 3 is 2.56 bits per heavy atom. The number of nitrogens with one attached hydrogen (secondary N) is 1. The van der Waals surface area contributed by atoms with E-state index < -0.39 is 12.6 Å². The number of alkyl halides is 3. The molecular formula is C11H18F3N3O. The molecule has 18 heavy (non-hydrogen) atoms. The molecule has 0 amide bonds. The summed E-state index contributed by atoms with van der Waals surface area (Å²) in [7, 11) is 0. The molecule has 0 bridgehead atoms. The zero-order valence-corrected chi connectivity index (χ0v) is 10.7. The summed E-state index contributed by atoms with van der Waals surface area (Å²) in [4.78, 5) is 3.79. The molecule has 1 rings (SSSR count). The monoisotopic (exact) mass is 265 g/mol. The van der Waals surface area contributed by atoms with Crippen molar-refractivity contribution >= 4 is 0 Å². The van der Waals surface area contributed by atoms with Crippen molar-refractivity contribution in [3.63, 3.8) is 0 Å². The summed E-state index contributed by atoms with van der Waals surface area (Å²) >= 11 is 0. The molecule has 1 N–H and O–H groups in total. The summed E-state index contributed by atoms with van der Waals surface area (Å²) in [5, 5.41) is 6.59. The second-order valence-corrected chi connectivity index (χ2v) is 4.37. The van der Waals surface area contributed by atoms with Crippen molar-refractivity contribution in [2.75, 3.05) is 6.54 Å². The first-order valence-corrected chi connectivity index (χ1v) is 5.96. The van der Waals surface area contributed by atoms with Gasteiger partial charge in [0.15, 0.2) is 5.82 Å². The van der Waals surface area contributed by atoms with E-state index in [0.717, 1.165) is 13.0 Å². The summed E-state index contributed by atoms with van der Waals surface area (Å²) in [6.45, 7) is 6.67. The molecule has 2 unspecified atom stereocenters. The summed E-state index contributed by atoms with van der Waals surface area (Å²) in [5.41, 5.74) is 0. The van der Waals surface area contributed by atoms with E-state index in [1.165, 1.54) is 0 Å². The van der Waals surface area contributed by atoms with Gasteiger partial charge < -0.3 is 9.84 Å². The topological polar surface area (TPSA) is 51.0 Å². The minimum Gasteiger partial charge on any atom is -0.339 e. The lowest BCUT2D eigenvalue weighted by atomic mass is 10.0. The van der Waals surface area contributed by atoms with Gasteiger partial charge in [-0.25, -0.2) is 0 Å². The fraction of sp³-hybridized carbons (Fsp3) is 0.818. The Labute approximate surface area is 104 Å². The molecule has 0 aliphatic heterocycles. The number of nitrogens with zero attached hydrogens (tertiary/aromatic N) is 2. The van der Waals surface area contributed by atoms with Gasteiger partial charge >= 0.3 is 6.18 Å². The molecule has 1 aromatic rings. The van der Waals surface area contributed by atoms with E-state index in [-0.39, 0.29) is 23.7 Å². The van der Waals surface area contributed by atoms with Crippen molar-refractivity contribution in [3.8, 4) is 0 Å². The molecule has 0 radical (unpaired) electrons. The molecular weight excluding hydrogens is 247 g/mol. The van der Waals surface area contributed by atoms with Gasteiger partial charge in [-0.1, -0.05) is 19.0 Å². The van der Waals surface area contributed by atoms with Crippen molar-refractivity contribution in [1.29, 1.82) is 0 Å². The number of hydrogen-bond donors (Lipinski definition) is 1. The van der Waals surface area contributed by atoms with Gasteiger partial charge in [-0.2, -0.15) is 18.2 Å². The average Bonchev–Trinajstić information content (AvgIpc) is 2.70. The van der Waals surface area contributed by atoms with Gasteiger partial charge in [0, 0.05) is 6.04 Å². The Morgan fingerprint density at radius 1 is 1.33 bits per heavy atom. The molecule has 104 valence electrons. The van der Waals surface area contributed by atoms with Crippen LogP contribution in [0.3, 0.4) is 0 Å². The van der Waals surface area contributed by atoms with Gasteiger partial charge in [0.25, 0.3) is 0 Å². The van der Waals surface area contributed by atoms with E-state index in [1.54, 1.807) is 0 Å². The van der Waals surface area contributed by atoms with Crippen LogP contribution in [0.2, 0.25) is 0 Å². The molecule has 0 spiro atoms. The maximum absolute atomic E-state index is 12.1. The van der Waals surface area contributed by atoms with Crippen LogP contribution in [0.15, 0.2) is 4.52 Å². The maximum atomic E-state index is 12.1. The number of rotatable bonds is 6. The van der Waals surface area contributed by atoms with Crippen LogP contribution in [0.5, 0.6) is 0 Å². The molecule has 0 aliphatic rings. The Morgan fingerprint density at radius 2 is 2.00 bits per heavy atom. The molecule has 1 aromatic heterocycles. The predicted octanol–water partition coefficient (Wildman–Crippen LogP) is 2.67. The maximum Gasteiger partial charge on any atom is 0.396 e. The Bertz CT molecular complexity index is 365. The molecule has 0 fully saturated rings.